The van der Waals surface area contributed by atoms with E-state index in [9.17, 15) is 24.0 Å². The summed E-state index contributed by atoms with van der Waals surface area (Å²) in [6.45, 7) is 5.79. The van der Waals surface area contributed by atoms with Gasteiger partial charge >= 0.3 is 6.03 Å². The van der Waals surface area contributed by atoms with Crippen molar-refractivity contribution >= 4 is 58.8 Å². The van der Waals surface area contributed by atoms with E-state index in [1.54, 1.807) is 43.0 Å². The molecular formula is C25H34N4O5S2. The molecule has 1 aromatic carbocycles. The minimum absolute atomic E-state index is 0.0118. The fraction of sp³-hybridized carbons (Fsp3) is 0.520. The van der Waals surface area contributed by atoms with E-state index in [-0.39, 0.29) is 22.8 Å². The Morgan fingerprint density at radius 1 is 0.972 bits per heavy atom. The molecule has 2 atom stereocenters. The zero-order valence-corrected chi connectivity index (χ0v) is 22.9. The van der Waals surface area contributed by atoms with Gasteiger partial charge in [-0.15, -0.1) is 0 Å². The zero-order valence-electron chi connectivity index (χ0n) is 21.3. The zero-order chi connectivity index (χ0) is 27.1. The van der Waals surface area contributed by atoms with Gasteiger partial charge in [0.05, 0.1) is 0 Å². The predicted molar refractivity (Wildman–Crippen MR) is 143 cm³/mol. The van der Waals surface area contributed by atoms with Crippen LogP contribution in [0.15, 0.2) is 30.3 Å². The second kappa shape index (κ2) is 12.4. The van der Waals surface area contributed by atoms with Crippen LogP contribution >= 0.6 is 24.0 Å². The first-order valence-corrected chi connectivity index (χ1v) is 13.7. The maximum atomic E-state index is 12.3. The largest absolute Gasteiger partial charge is 0.330 e. The number of hydrogen-bond acceptors (Lipinski definition) is 7. The molecule has 0 radical (unpaired) electrons. The molecule has 9 nitrogen and oxygen atoms in total. The number of hydrogen-bond donors (Lipinski definition) is 3. The average Bonchev–Trinajstić information content (AvgIpc) is 2.84. The number of rotatable bonds is 8. The summed E-state index contributed by atoms with van der Waals surface area (Å²) in [5.74, 6) is -0.730. The molecule has 2 saturated heterocycles. The number of thiocarbonyl (C=S) groups is 1. The Morgan fingerprint density at radius 2 is 1.56 bits per heavy atom. The van der Waals surface area contributed by atoms with Gasteiger partial charge in [0, 0.05) is 7.05 Å². The van der Waals surface area contributed by atoms with E-state index in [0.29, 0.717) is 18.4 Å². The lowest BCUT2D eigenvalue weighted by Gasteiger charge is -2.39. The summed E-state index contributed by atoms with van der Waals surface area (Å²) in [5, 5.41) is 7.55. The van der Waals surface area contributed by atoms with Crippen LogP contribution in [-0.4, -0.2) is 58.7 Å². The summed E-state index contributed by atoms with van der Waals surface area (Å²) in [4.78, 5) is 61.4. The highest BCUT2D eigenvalue weighted by Crippen LogP contribution is 2.38. The number of benzene rings is 1. The number of likely N-dealkylation sites (N-methyl/N-ethyl adjacent to an activating group) is 1. The van der Waals surface area contributed by atoms with Gasteiger partial charge in [-0.3, -0.25) is 29.4 Å². The van der Waals surface area contributed by atoms with Crippen molar-refractivity contribution in [3.8, 4) is 0 Å². The third kappa shape index (κ3) is 5.46. The van der Waals surface area contributed by atoms with Crippen LogP contribution in [0.4, 0.5) is 4.79 Å². The van der Waals surface area contributed by atoms with Crippen molar-refractivity contribution in [1.29, 1.82) is 0 Å². The molecule has 0 aromatic heterocycles. The fourth-order valence-corrected chi connectivity index (χ4v) is 5.40. The third-order valence-corrected chi connectivity index (χ3v) is 7.72. The Morgan fingerprint density at radius 3 is 2.06 bits per heavy atom. The normalized spacial score (nSPS) is 22.2. The Hall–Kier alpha value is -2.79. The lowest BCUT2D eigenvalue weighted by atomic mass is 9.70. The molecule has 0 spiro atoms. The molecule has 2 unspecified atom stereocenters. The highest BCUT2D eigenvalue weighted by Gasteiger charge is 2.53. The van der Waals surface area contributed by atoms with Crippen LogP contribution in [0.5, 0.6) is 0 Å². The Labute approximate surface area is 221 Å². The van der Waals surface area contributed by atoms with E-state index in [1.165, 1.54) is 7.05 Å². The minimum Gasteiger partial charge on any atom is -0.302 e. The lowest BCUT2D eigenvalue weighted by molar-refractivity contribution is -0.148. The summed E-state index contributed by atoms with van der Waals surface area (Å²) in [6.07, 6.45) is 4.63. The SMILES string of the molecule is CCC1(c2ccccc2)C(=O)NC(=O)N(C)C1=O.CCCC(C)C1(CCSC)C(=O)NC(=S)NC1=O. The van der Waals surface area contributed by atoms with Crippen LogP contribution in [0.25, 0.3) is 0 Å². The Balaban J connectivity index is 0.000000254. The van der Waals surface area contributed by atoms with Gasteiger partial charge in [0.2, 0.25) is 17.7 Å². The van der Waals surface area contributed by atoms with Gasteiger partial charge in [0.25, 0.3) is 5.91 Å². The highest BCUT2D eigenvalue weighted by molar-refractivity contribution is 7.98. The van der Waals surface area contributed by atoms with E-state index in [0.717, 1.165) is 23.5 Å². The van der Waals surface area contributed by atoms with Gasteiger partial charge in [-0.25, -0.2) is 4.79 Å². The number of urea groups is 1. The maximum Gasteiger partial charge on any atom is 0.330 e. The van der Waals surface area contributed by atoms with E-state index < -0.39 is 28.7 Å². The van der Waals surface area contributed by atoms with Crippen LogP contribution in [0, 0.1) is 11.3 Å². The van der Waals surface area contributed by atoms with Gasteiger partial charge < -0.3 is 10.6 Å². The summed E-state index contributed by atoms with van der Waals surface area (Å²) >= 11 is 6.50. The fourth-order valence-electron chi connectivity index (χ4n) is 4.68. The van der Waals surface area contributed by atoms with Gasteiger partial charge in [0.1, 0.15) is 5.41 Å². The summed E-state index contributed by atoms with van der Waals surface area (Å²) < 4.78 is 0. The molecule has 2 aliphatic rings. The van der Waals surface area contributed by atoms with Crippen molar-refractivity contribution in [2.75, 3.05) is 19.1 Å². The number of imide groups is 2. The van der Waals surface area contributed by atoms with E-state index in [1.807, 2.05) is 19.2 Å². The van der Waals surface area contributed by atoms with Crippen molar-refractivity contribution in [2.45, 2.75) is 51.9 Å². The van der Waals surface area contributed by atoms with Crippen LogP contribution in [0.3, 0.4) is 0 Å². The lowest BCUT2D eigenvalue weighted by Crippen LogP contribution is -2.64. The van der Waals surface area contributed by atoms with E-state index >= 15 is 0 Å². The molecule has 11 heteroatoms. The maximum absolute atomic E-state index is 12.3. The third-order valence-electron chi connectivity index (χ3n) is 6.91. The summed E-state index contributed by atoms with van der Waals surface area (Å²) in [5.41, 5.74) is -1.67. The molecule has 36 heavy (non-hydrogen) atoms. The molecule has 2 heterocycles. The molecule has 0 saturated carbocycles. The number of amides is 6. The quantitative estimate of drug-likeness (QED) is 0.346. The van der Waals surface area contributed by atoms with Crippen molar-refractivity contribution in [3.63, 3.8) is 0 Å². The van der Waals surface area contributed by atoms with Crippen molar-refractivity contribution < 1.29 is 24.0 Å². The monoisotopic (exact) mass is 534 g/mol. The molecule has 2 fully saturated rings. The van der Waals surface area contributed by atoms with Crippen LogP contribution < -0.4 is 16.0 Å². The minimum atomic E-state index is -1.30. The highest BCUT2D eigenvalue weighted by atomic mass is 32.2. The standard InChI is InChI=1S/C13H14N2O3.C12H20N2O2S2/c1-3-13(9-7-5-4-6-8-9)10(16)14-12(18)15(2)11(13)17;1-4-5-8(2)12(6-7-18-3)9(15)13-11(17)14-10(12)16/h4-8H,3H2,1-2H3,(H,14,16,18);8H,4-7H2,1-3H3,(H2,13,14,15,16,17). The molecule has 2 aliphatic heterocycles. The smallest absolute Gasteiger partial charge is 0.302 e. The first-order valence-electron chi connectivity index (χ1n) is 11.9. The molecule has 3 rings (SSSR count). The second-order valence-electron chi connectivity index (χ2n) is 8.89. The van der Waals surface area contributed by atoms with Crippen LogP contribution in [0.2, 0.25) is 0 Å². The van der Waals surface area contributed by atoms with Crippen LogP contribution in [0.1, 0.15) is 52.0 Å². The topological polar surface area (TPSA) is 125 Å². The summed E-state index contributed by atoms with van der Waals surface area (Å²) in [7, 11) is 1.37. The number of carbonyl (C=O) groups is 5. The molecule has 3 N–H and O–H groups in total. The molecule has 1 aromatic rings. The predicted octanol–water partition coefficient (Wildman–Crippen LogP) is 2.74. The second-order valence-corrected chi connectivity index (χ2v) is 10.3. The van der Waals surface area contributed by atoms with Crippen LogP contribution in [-0.2, 0) is 24.6 Å². The number of carbonyl (C=O) groups excluding carboxylic acids is 5. The van der Waals surface area contributed by atoms with Gasteiger partial charge in [-0.2, -0.15) is 11.8 Å². The number of barbiturate groups is 1. The number of thioether (sulfide) groups is 1. The van der Waals surface area contributed by atoms with E-state index in [4.69, 9.17) is 12.2 Å². The number of nitrogens with zero attached hydrogens (tertiary/aromatic N) is 1. The first-order chi connectivity index (χ1) is 17.0. The Bertz CT molecular complexity index is 1010. The van der Waals surface area contributed by atoms with Gasteiger partial charge in [-0.1, -0.05) is 57.5 Å². The molecule has 6 amide bonds. The van der Waals surface area contributed by atoms with E-state index in [2.05, 4.69) is 22.9 Å². The molecule has 196 valence electrons. The molecule has 0 bridgehead atoms. The van der Waals surface area contributed by atoms with Crippen molar-refractivity contribution in [2.24, 2.45) is 11.3 Å². The average molecular weight is 535 g/mol. The van der Waals surface area contributed by atoms with Gasteiger partial charge in [-0.05, 0) is 55.0 Å². The van der Waals surface area contributed by atoms with Crippen molar-refractivity contribution in [3.05, 3.63) is 35.9 Å². The van der Waals surface area contributed by atoms with Gasteiger partial charge in [0.15, 0.2) is 10.5 Å². The summed E-state index contributed by atoms with van der Waals surface area (Å²) in [6, 6.07) is 8.13. The molecule has 0 aliphatic carbocycles. The first kappa shape index (κ1) is 29.4. The molecular weight excluding hydrogens is 500 g/mol. The Kier molecular flexibility index (Phi) is 10.2. The van der Waals surface area contributed by atoms with Crippen molar-refractivity contribution in [1.82, 2.24) is 20.9 Å². The number of nitrogens with one attached hydrogen (secondary N) is 3.